The van der Waals surface area contributed by atoms with Crippen molar-refractivity contribution in [3.05, 3.63) is 84.4 Å². The van der Waals surface area contributed by atoms with Crippen molar-refractivity contribution >= 4 is 29.0 Å². The maximum absolute atomic E-state index is 13.4. The summed E-state index contributed by atoms with van der Waals surface area (Å²) in [6.45, 7) is -0.446. The largest absolute Gasteiger partial charge is 0.445 e. The van der Waals surface area contributed by atoms with Gasteiger partial charge in [-0.25, -0.2) is 19.7 Å². The van der Waals surface area contributed by atoms with Crippen LogP contribution >= 0.6 is 0 Å². The van der Waals surface area contributed by atoms with Crippen molar-refractivity contribution in [1.82, 2.24) is 24.8 Å². The second-order valence-electron chi connectivity index (χ2n) is 9.21. The number of fused-ring (bicyclic) bond motifs is 1. The number of benzene rings is 2. The molecule has 2 aromatic carbocycles. The number of aliphatic hydroxyl groups excluding tert-OH is 3. The van der Waals surface area contributed by atoms with Gasteiger partial charge >= 0.3 is 6.09 Å². The molecular formula is C27H28N6O7. The fourth-order valence-corrected chi connectivity index (χ4v) is 4.41. The van der Waals surface area contributed by atoms with E-state index >= 15 is 0 Å². The number of carbonyl (C=O) groups excluding carboxylic acids is 2. The molecule has 5 atom stereocenters. The summed E-state index contributed by atoms with van der Waals surface area (Å²) in [5, 5.41) is 35.3. The molecule has 2 aromatic heterocycles. The number of nitrogens with zero attached hydrogens (tertiary/aromatic N) is 4. The van der Waals surface area contributed by atoms with Gasteiger partial charge in [0.15, 0.2) is 23.2 Å². The Balaban J connectivity index is 1.34. The molecule has 1 saturated heterocycles. The standard InChI is InChI=1S/C27H28N6O7/c34-12-19-21(35)22(36)26(40-19)33-15-30-20-23(28-14-29-24(20)33)32-25(37)18(11-16-7-3-1-4-8-16)31-27(38)39-13-17-9-5-2-6-10-17/h1-10,14-15,18-19,21-22,26,34-36H,11-13H2,(H,31,38)(H,28,29,32,37)/t18-,19-,21+,22+,26-/m0/s1. The first kappa shape index (κ1) is 27.1. The molecule has 3 heterocycles. The Labute approximate surface area is 228 Å². The van der Waals surface area contributed by atoms with Gasteiger partial charge in [-0.05, 0) is 11.1 Å². The molecule has 13 nitrogen and oxygen atoms in total. The van der Waals surface area contributed by atoms with Crippen LogP contribution in [0.25, 0.3) is 11.2 Å². The summed E-state index contributed by atoms with van der Waals surface area (Å²) in [5.41, 5.74) is 2.02. The van der Waals surface area contributed by atoms with Crippen molar-refractivity contribution in [2.75, 3.05) is 11.9 Å². The van der Waals surface area contributed by atoms with Crippen LogP contribution in [0, 0.1) is 0 Å². The highest BCUT2D eigenvalue weighted by Crippen LogP contribution is 2.32. The van der Waals surface area contributed by atoms with Crippen LogP contribution in [-0.4, -0.2) is 77.8 Å². The molecule has 1 fully saturated rings. The number of aliphatic hydroxyl groups is 3. The Morgan fingerprint density at radius 1 is 0.975 bits per heavy atom. The molecule has 2 amide bonds. The van der Waals surface area contributed by atoms with E-state index in [1.54, 1.807) is 0 Å². The zero-order valence-electron chi connectivity index (χ0n) is 21.2. The van der Waals surface area contributed by atoms with Crippen molar-refractivity contribution < 1.29 is 34.4 Å². The topological polar surface area (TPSA) is 181 Å². The summed E-state index contributed by atoms with van der Waals surface area (Å²) in [4.78, 5) is 38.6. The summed E-state index contributed by atoms with van der Waals surface area (Å²) in [5.74, 6) is -0.499. The van der Waals surface area contributed by atoms with Crippen LogP contribution < -0.4 is 10.6 Å². The van der Waals surface area contributed by atoms with Crippen LogP contribution in [0.2, 0.25) is 0 Å². The van der Waals surface area contributed by atoms with Crippen LogP contribution in [0.1, 0.15) is 17.4 Å². The highest BCUT2D eigenvalue weighted by Gasteiger charge is 2.44. The predicted molar refractivity (Wildman–Crippen MR) is 141 cm³/mol. The van der Waals surface area contributed by atoms with Crippen LogP contribution in [0.5, 0.6) is 0 Å². The number of ether oxygens (including phenoxy) is 2. The minimum absolute atomic E-state index is 0.0389. The second-order valence-corrected chi connectivity index (χ2v) is 9.21. The third-order valence-corrected chi connectivity index (χ3v) is 6.50. The zero-order valence-corrected chi connectivity index (χ0v) is 21.2. The van der Waals surface area contributed by atoms with E-state index in [9.17, 15) is 24.9 Å². The molecule has 208 valence electrons. The van der Waals surface area contributed by atoms with Gasteiger partial charge in [0.25, 0.3) is 0 Å². The lowest BCUT2D eigenvalue weighted by Crippen LogP contribution is -2.45. The summed E-state index contributed by atoms with van der Waals surface area (Å²) in [6.07, 6.45) is -2.75. The van der Waals surface area contributed by atoms with Gasteiger partial charge < -0.3 is 35.4 Å². The maximum Gasteiger partial charge on any atom is 0.408 e. The molecule has 4 aromatic rings. The normalized spacial score (nSPS) is 21.2. The number of imidazole rings is 1. The second kappa shape index (κ2) is 12.2. The minimum atomic E-state index is -1.34. The van der Waals surface area contributed by atoms with Crippen molar-refractivity contribution in [2.45, 2.75) is 43.6 Å². The van der Waals surface area contributed by atoms with Crippen molar-refractivity contribution in [3.63, 3.8) is 0 Å². The van der Waals surface area contributed by atoms with Crippen molar-refractivity contribution in [2.24, 2.45) is 0 Å². The number of aromatic nitrogens is 4. The number of nitrogens with one attached hydrogen (secondary N) is 2. The lowest BCUT2D eigenvalue weighted by atomic mass is 10.1. The molecule has 0 saturated carbocycles. The fraction of sp³-hybridized carbons (Fsp3) is 0.296. The average Bonchev–Trinajstić information content (AvgIpc) is 3.53. The van der Waals surface area contributed by atoms with E-state index < -0.39 is 49.2 Å². The number of alkyl carbamates (subject to hydrolysis) is 1. The van der Waals surface area contributed by atoms with Crippen LogP contribution in [-0.2, 0) is 27.3 Å². The lowest BCUT2D eigenvalue weighted by Gasteiger charge is -2.19. The smallest absolute Gasteiger partial charge is 0.408 e. The number of rotatable bonds is 9. The van der Waals surface area contributed by atoms with Gasteiger partial charge in [-0.3, -0.25) is 9.36 Å². The van der Waals surface area contributed by atoms with E-state index in [1.165, 1.54) is 17.2 Å². The summed E-state index contributed by atoms with van der Waals surface area (Å²) < 4.78 is 12.3. The Bertz CT molecular complexity index is 1450. The summed E-state index contributed by atoms with van der Waals surface area (Å²) in [6, 6.07) is 17.3. The third kappa shape index (κ3) is 5.92. The Hall–Kier alpha value is -4.43. The molecular weight excluding hydrogens is 520 g/mol. The van der Waals surface area contributed by atoms with Gasteiger partial charge in [0.2, 0.25) is 5.91 Å². The van der Waals surface area contributed by atoms with Crippen molar-refractivity contribution in [3.8, 4) is 0 Å². The Morgan fingerprint density at radius 2 is 1.68 bits per heavy atom. The SMILES string of the molecule is O=C(N[C@@H](Cc1ccccc1)C(=O)Nc1ncnc2c1ncn2[C@H]1O[C@@H](CO)[C@@H](O)[C@H]1O)OCc1ccccc1. The van der Waals surface area contributed by atoms with Gasteiger partial charge in [-0.15, -0.1) is 0 Å². The zero-order chi connectivity index (χ0) is 28.1. The average molecular weight is 549 g/mol. The molecule has 0 spiro atoms. The highest BCUT2D eigenvalue weighted by atomic mass is 16.6. The third-order valence-electron chi connectivity index (χ3n) is 6.50. The lowest BCUT2D eigenvalue weighted by molar-refractivity contribution is -0.118. The van der Waals surface area contributed by atoms with Gasteiger partial charge in [0, 0.05) is 6.42 Å². The number of hydrogen-bond donors (Lipinski definition) is 5. The molecule has 0 radical (unpaired) electrons. The quantitative estimate of drug-likeness (QED) is 0.202. The van der Waals surface area contributed by atoms with E-state index in [1.807, 2.05) is 60.7 Å². The molecule has 5 N–H and O–H groups in total. The first-order valence-corrected chi connectivity index (χ1v) is 12.6. The van der Waals surface area contributed by atoms with Crippen LogP contribution in [0.15, 0.2) is 73.3 Å². The van der Waals surface area contributed by atoms with Crippen LogP contribution in [0.3, 0.4) is 0 Å². The van der Waals surface area contributed by atoms with Gasteiger partial charge in [0.1, 0.15) is 37.3 Å². The first-order valence-electron chi connectivity index (χ1n) is 12.6. The molecule has 1 aliphatic rings. The molecule has 0 aliphatic carbocycles. The van der Waals surface area contributed by atoms with E-state index in [0.29, 0.717) is 0 Å². The number of hydrogen-bond acceptors (Lipinski definition) is 10. The Morgan fingerprint density at radius 3 is 2.35 bits per heavy atom. The van der Waals surface area contributed by atoms with Gasteiger partial charge in [-0.1, -0.05) is 60.7 Å². The van der Waals surface area contributed by atoms with E-state index in [-0.39, 0.29) is 30.0 Å². The first-order chi connectivity index (χ1) is 19.4. The van der Waals surface area contributed by atoms with E-state index in [4.69, 9.17) is 9.47 Å². The van der Waals surface area contributed by atoms with Gasteiger partial charge in [-0.2, -0.15) is 0 Å². The monoisotopic (exact) mass is 548 g/mol. The van der Waals surface area contributed by atoms with Gasteiger partial charge in [0.05, 0.1) is 12.9 Å². The number of amides is 2. The molecule has 0 unspecified atom stereocenters. The summed E-state index contributed by atoms with van der Waals surface area (Å²) in [7, 11) is 0. The maximum atomic E-state index is 13.4. The van der Waals surface area contributed by atoms with E-state index in [0.717, 1.165) is 11.1 Å². The number of anilines is 1. The van der Waals surface area contributed by atoms with Crippen LogP contribution in [0.4, 0.5) is 10.6 Å². The molecule has 0 bridgehead atoms. The molecule has 5 rings (SSSR count). The Kier molecular flexibility index (Phi) is 8.26. The van der Waals surface area contributed by atoms with Crippen molar-refractivity contribution in [1.29, 1.82) is 0 Å². The fourth-order valence-electron chi connectivity index (χ4n) is 4.41. The van der Waals surface area contributed by atoms with E-state index in [2.05, 4.69) is 25.6 Å². The number of carbonyl (C=O) groups is 2. The minimum Gasteiger partial charge on any atom is -0.445 e. The molecule has 13 heteroatoms. The molecule has 40 heavy (non-hydrogen) atoms. The molecule has 1 aliphatic heterocycles. The summed E-state index contributed by atoms with van der Waals surface area (Å²) >= 11 is 0. The predicted octanol–water partition coefficient (Wildman–Crippen LogP) is 0.914. The highest BCUT2D eigenvalue weighted by molar-refractivity contribution is 6.00.